The van der Waals surface area contributed by atoms with Gasteiger partial charge in [0.15, 0.2) is 5.78 Å². The van der Waals surface area contributed by atoms with Crippen LogP contribution in [-0.2, 0) is 14.3 Å². The summed E-state index contributed by atoms with van der Waals surface area (Å²) < 4.78 is 4.72. The van der Waals surface area contributed by atoms with E-state index in [0.29, 0.717) is 5.02 Å². The smallest absolute Gasteiger partial charge is 0.345 e. The summed E-state index contributed by atoms with van der Waals surface area (Å²) in [6.45, 7) is 2.85. The molecule has 0 unspecified atom stereocenters. The largest absolute Gasteiger partial charge is 0.506 e. The van der Waals surface area contributed by atoms with Crippen molar-refractivity contribution in [3.05, 3.63) is 39.4 Å². The van der Waals surface area contributed by atoms with Crippen LogP contribution in [-0.4, -0.2) is 23.5 Å². The van der Waals surface area contributed by atoms with Crippen LogP contribution in [0.4, 0.5) is 0 Å². The number of aliphatic hydroxyl groups is 1. The number of benzene rings is 1. The Morgan fingerprint density at radius 3 is 2.42 bits per heavy atom. The predicted octanol–water partition coefficient (Wildman–Crippen LogP) is 3.41. The van der Waals surface area contributed by atoms with Crippen molar-refractivity contribution in [1.82, 2.24) is 0 Å². The van der Waals surface area contributed by atoms with Crippen molar-refractivity contribution >= 4 is 40.7 Å². The third-order valence-corrected chi connectivity index (χ3v) is 2.80. The first-order chi connectivity index (χ1) is 8.88. The van der Waals surface area contributed by atoms with Crippen LogP contribution in [0.5, 0.6) is 0 Å². The maximum Gasteiger partial charge on any atom is 0.345 e. The molecule has 0 atom stereocenters. The average molecular weight is 303 g/mol. The van der Waals surface area contributed by atoms with E-state index < -0.39 is 23.1 Å². The van der Waals surface area contributed by atoms with Crippen molar-refractivity contribution in [3.8, 4) is 0 Å². The second-order valence-electron chi connectivity index (χ2n) is 3.62. The average Bonchev–Trinajstić information content (AvgIpc) is 2.28. The molecule has 0 amide bonds. The number of hydrogen-bond donors (Lipinski definition) is 1. The SMILES string of the molecule is CCOC(=O)C(C(C)=O)=C(O)c1ccc(Cl)cc1Cl. The lowest BCUT2D eigenvalue weighted by Crippen LogP contribution is -2.16. The Morgan fingerprint density at radius 1 is 1.32 bits per heavy atom. The zero-order chi connectivity index (χ0) is 14.6. The van der Waals surface area contributed by atoms with E-state index in [0.717, 1.165) is 6.92 Å². The van der Waals surface area contributed by atoms with Gasteiger partial charge in [-0.15, -0.1) is 0 Å². The summed E-state index contributed by atoms with van der Waals surface area (Å²) in [6, 6.07) is 4.31. The standard InChI is InChI=1S/C13H12Cl2O4/c1-3-19-13(18)11(7(2)16)12(17)9-5-4-8(14)6-10(9)15/h4-6,17H,3H2,1-2H3. The van der Waals surface area contributed by atoms with Gasteiger partial charge in [0.25, 0.3) is 0 Å². The Kier molecular flexibility index (Phi) is 5.39. The van der Waals surface area contributed by atoms with E-state index in [9.17, 15) is 14.7 Å². The molecule has 4 nitrogen and oxygen atoms in total. The van der Waals surface area contributed by atoms with Crippen molar-refractivity contribution < 1.29 is 19.4 Å². The van der Waals surface area contributed by atoms with Crippen LogP contribution < -0.4 is 0 Å². The molecular formula is C13H12Cl2O4. The maximum atomic E-state index is 11.6. The highest BCUT2D eigenvalue weighted by Gasteiger charge is 2.23. The van der Waals surface area contributed by atoms with E-state index in [-0.39, 0.29) is 17.2 Å². The van der Waals surface area contributed by atoms with Crippen LogP contribution in [0.25, 0.3) is 5.76 Å². The molecule has 1 aromatic rings. The van der Waals surface area contributed by atoms with Gasteiger partial charge in [0.1, 0.15) is 11.3 Å². The third kappa shape index (κ3) is 3.72. The van der Waals surface area contributed by atoms with Gasteiger partial charge in [0, 0.05) is 10.6 Å². The zero-order valence-electron chi connectivity index (χ0n) is 10.4. The summed E-state index contributed by atoms with van der Waals surface area (Å²) >= 11 is 11.6. The molecule has 102 valence electrons. The van der Waals surface area contributed by atoms with Gasteiger partial charge in [-0.25, -0.2) is 4.79 Å². The lowest BCUT2D eigenvalue weighted by molar-refractivity contribution is -0.139. The van der Waals surface area contributed by atoms with Gasteiger partial charge < -0.3 is 9.84 Å². The Hall–Kier alpha value is -1.52. The first kappa shape index (κ1) is 15.5. The Morgan fingerprint density at radius 2 is 1.95 bits per heavy atom. The van der Waals surface area contributed by atoms with E-state index in [1.54, 1.807) is 6.92 Å². The molecule has 0 aliphatic rings. The van der Waals surface area contributed by atoms with Crippen molar-refractivity contribution in [2.45, 2.75) is 13.8 Å². The number of aliphatic hydroxyl groups excluding tert-OH is 1. The molecule has 0 saturated carbocycles. The monoisotopic (exact) mass is 302 g/mol. The molecule has 1 N–H and O–H groups in total. The fourth-order valence-corrected chi connectivity index (χ4v) is 1.92. The van der Waals surface area contributed by atoms with Crippen molar-refractivity contribution in [3.63, 3.8) is 0 Å². The molecule has 0 fully saturated rings. The van der Waals surface area contributed by atoms with Gasteiger partial charge in [-0.1, -0.05) is 23.2 Å². The van der Waals surface area contributed by atoms with Crippen LogP contribution in [0.3, 0.4) is 0 Å². The number of carbonyl (C=O) groups excluding carboxylic acids is 2. The summed E-state index contributed by atoms with van der Waals surface area (Å²) in [6.07, 6.45) is 0. The number of esters is 1. The van der Waals surface area contributed by atoms with Gasteiger partial charge in [0.2, 0.25) is 0 Å². The molecule has 1 rings (SSSR count). The van der Waals surface area contributed by atoms with Crippen LogP contribution in [0, 0.1) is 0 Å². The second kappa shape index (κ2) is 6.59. The number of ether oxygens (including phenoxy) is 1. The minimum absolute atomic E-state index is 0.0945. The molecule has 0 heterocycles. The fourth-order valence-electron chi connectivity index (χ4n) is 1.43. The summed E-state index contributed by atoms with van der Waals surface area (Å²) in [5.74, 6) is -2.02. The zero-order valence-corrected chi connectivity index (χ0v) is 11.9. The predicted molar refractivity (Wildman–Crippen MR) is 73.3 cm³/mol. The van der Waals surface area contributed by atoms with Gasteiger partial charge >= 0.3 is 5.97 Å². The highest BCUT2D eigenvalue weighted by molar-refractivity contribution is 6.36. The highest BCUT2D eigenvalue weighted by Crippen LogP contribution is 2.28. The molecular weight excluding hydrogens is 291 g/mol. The summed E-state index contributed by atoms with van der Waals surface area (Å²) in [4.78, 5) is 23.1. The van der Waals surface area contributed by atoms with E-state index in [2.05, 4.69) is 0 Å². The van der Waals surface area contributed by atoms with E-state index in [4.69, 9.17) is 27.9 Å². The number of rotatable bonds is 4. The van der Waals surface area contributed by atoms with E-state index in [1.807, 2.05) is 0 Å². The number of hydrogen-bond acceptors (Lipinski definition) is 4. The molecule has 0 spiro atoms. The molecule has 1 aromatic carbocycles. The van der Waals surface area contributed by atoms with Crippen molar-refractivity contribution in [2.24, 2.45) is 0 Å². The second-order valence-corrected chi connectivity index (χ2v) is 4.47. The van der Waals surface area contributed by atoms with E-state index in [1.165, 1.54) is 18.2 Å². The third-order valence-electron chi connectivity index (χ3n) is 2.25. The van der Waals surface area contributed by atoms with Crippen LogP contribution in [0.2, 0.25) is 10.0 Å². The quantitative estimate of drug-likeness (QED) is 0.304. The fraction of sp³-hybridized carbons (Fsp3) is 0.231. The van der Waals surface area contributed by atoms with Crippen molar-refractivity contribution in [1.29, 1.82) is 0 Å². The molecule has 6 heteroatoms. The van der Waals surface area contributed by atoms with Crippen LogP contribution in [0.15, 0.2) is 23.8 Å². The summed E-state index contributed by atoms with van der Waals surface area (Å²) in [5.41, 5.74) is -0.296. The maximum absolute atomic E-state index is 11.6. The minimum Gasteiger partial charge on any atom is -0.506 e. The van der Waals surface area contributed by atoms with Gasteiger partial charge in [-0.05, 0) is 32.0 Å². The number of halogens is 2. The van der Waals surface area contributed by atoms with Gasteiger partial charge in [0.05, 0.1) is 11.6 Å². The lowest BCUT2D eigenvalue weighted by Gasteiger charge is -2.09. The molecule has 0 aliphatic heterocycles. The Labute approximate surface area is 120 Å². The molecule has 0 radical (unpaired) electrons. The molecule has 0 aliphatic carbocycles. The lowest BCUT2D eigenvalue weighted by atomic mass is 10.1. The minimum atomic E-state index is -0.890. The van der Waals surface area contributed by atoms with Crippen LogP contribution in [0.1, 0.15) is 19.4 Å². The number of carbonyl (C=O) groups is 2. The molecule has 19 heavy (non-hydrogen) atoms. The summed E-state index contributed by atoms with van der Waals surface area (Å²) in [7, 11) is 0. The molecule has 0 bridgehead atoms. The number of ketones is 1. The first-order valence-corrected chi connectivity index (χ1v) is 6.20. The van der Waals surface area contributed by atoms with Gasteiger partial charge in [-0.3, -0.25) is 4.79 Å². The van der Waals surface area contributed by atoms with E-state index >= 15 is 0 Å². The van der Waals surface area contributed by atoms with Gasteiger partial charge in [-0.2, -0.15) is 0 Å². The van der Waals surface area contributed by atoms with Crippen molar-refractivity contribution in [2.75, 3.05) is 6.61 Å². The van der Waals surface area contributed by atoms with Crippen LogP contribution >= 0.6 is 23.2 Å². The Balaban J connectivity index is 3.37. The highest BCUT2D eigenvalue weighted by atomic mass is 35.5. The molecule has 0 saturated heterocycles. The number of Topliss-reactive ketones (excluding diaryl/α,β-unsaturated/α-hetero) is 1. The molecule has 0 aromatic heterocycles. The summed E-state index contributed by atoms with van der Waals surface area (Å²) in [5, 5.41) is 10.6. The normalized spacial score (nSPS) is 11.8. The topological polar surface area (TPSA) is 63.6 Å². The Bertz CT molecular complexity index is 550. The first-order valence-electron chi connectivity index (χ1n) is 5.45.